The smallest absolute Gasteiger partial charge is 0.356 e. The Hall–Kier alpha value is -3.63. The number of β-lactam (4-membered cyclic amide) rings is 1. The van der Waals surface area contributed by atoms with E-state index in [1.54, 1.807) is 0 Å². The Balaban J connectivity index is 1.37. The van der Waals surface area contributed by atoms with Gasteiger partial charge in [-0.25, -0.2) is 4.79 Å². The Morgan fingerprint density at radius 2 is 1.42 bits per heavy atom. The fraction of sp³-hybridized carbons (Fsp3) is 0.147. The van der Waals surface area contributed by atoms with Crippen molar-refractivity contribution in [1.82, 2.24) is 4.90 Å². The van der Waals surface area contributed by atoms with Crippen LogP contribution >= 0.6 is 39.5 Å². The van der Waals surface area contributed by atoms with Crippen LogP contribution in [0.2, 0.25) is 0 Å². The van der Waals surface area contributed by atoms with Gasteiger partial charge in [0.15, 0.2) is 11.9 Å². The minimum atomic E-state index is -0.895. The number of rotatable bonds is 9. The fourth-order valence-corrected chi connectivity index (χ4v) is 8.28. The summed E-state index contributed by atoms with van der Waals surface area (Å²) in [5.41, 5.74) is 9.22. The molecular weight excluding hydrogens is 644 g/mol. The van der Waals surface area contributed by atoms with Gasteiger partial charge in [0, 0.05) is 20.7 Å². The number of carbonyl (C=O) groups is 3. The zero-order chi connectivity index (χ0) is 29.9. The van der Waals surface area contributed by atoms with Gasteiger partial charge in [0.05, 0.1) is 5.37 Å². The summed E-state index contributed by atoms with van der Waals surface area (Å²) in [6.45, 7) is 0. The van der Waals surface area contributed by atoms with Crippen LogP contribution in [0.4, 0.5) is 0 Å². The summed E-state index contributed by atoms with van der Waals surface area (Å²) in [7, 11) is 0. The number of nitrogens with two attached hydrogens (primary N) is 1. The number of halogens is 1. The number of esters is 1. The van der Waals surface area contributed by atoms with Gasteiger partial charge in [-0.1, -0.05) is 115 Å². The van der Waals surface area contributed by atoms with Crippen molar-refractivity contribution in [3.8, 4) is 0 Å². The van der Waals surface area contributed by atoms with E-state index in [-0.39, 0.29) is 17.9 Å². The molecule has 216 valence electrons. The van der Waals surface area contributed by atoms with Crippen LogP contribution in [0.1, 0.15) is 22.8 Å². The van der Waals surface area contributed by atoms with Crippen LogP contribution in [0.25, 0.3) is 0 Å². The minimum Gasteiger partial charge on any atom is -0.448 e. The van der Waals surface area contributed by atoms with Crippen molar-refractivity contribution in [3.05, 3.63) is 147 Å². The molecule has 1 amide bonds. The van der Waals surface area contributed by atoms with Gasteiger partial charge in [-0.05, 0) is 44.8 Å². The molecule has 0 aliphatic carbocycles. The first-order valence-corrected chi connectivity index (χ1v) is 16.3. The maximum Gasteiger partial charge on any atom is 0.356 e. The number of Topliss-reactive ketones (excluding diaryl/α,β-unsaturated/α-hetero) is 1. The highest BCUT2D eigenvalue weighted by Crippen LogP contribution is 2.51. The highest BCUT2D eigenvalue weighted by molar-refractivity contribution is 9.10. The monoisotopic (exact) mass is 670 g/mol. The van der Waals surface area contributed by atoms with Crippen molar-refractivity contribution in [1.29, 1.82) is 0 Å². The van der Waals surface area contributed by atoms with Gasteiger partial charge >= 0.3 is 5.97 Å². The van der Waals surface area contributed by atoms with Gasteiger partial charge in [-0.3, -0.25) is 14.5 Å². The second-order valence-corrected chi connectivity index (χ2v) is 13.3. The lowest BCUT2D eigenvalue weighted by Gasteiger charge is -2.50. The molecule has 0 radical (unpaired) electrons. The molecule has 0 saturated carbocycles. The molecule has 3 atom stereocenters. The summed E-state index contributed by atoms with van der Waals surface area (Å²) in [4.78, 5) is 44.1. The number of thioether (sulfide) groups is 2. The number of amides is 1. The number of carbonyl (C=O) groups excluding carboxylic acids is 3. The summed E-state index contributed by atoms with van der Waals surface area (Å²) in [6, 6.07) is 35.9. The van der Waals surface area contributed by atoms with Crippen molar-refractivity contribution in [2.24, 2.45) is 11.7 Å². The highest BCUT2D eigenvalue weighted by atomic mass is 79.9. The lowest BCUT2D eigenvalue weighted by molar-refractivity contribution is -0.159. The van der Waals surface area contributed by atoms with Gasteiger partial charge in [-0.2, -0.15) is 0 Å². The van der Waals surface area contributed by atoms with Crippen LogP contribution in [0, 0.1) is 5.92 Å². The van der Waals surface area contributed by atoms with Crippen molar-refractivity contribution in [2.45, 2.75) is 28.2 Å². The van der Waals surface area contributed by atoms with Crippen LogP contribution in [0.3, 0.4) is 0 Å². The third-order valence-electron chi connectivity index (χ3n) is 7.31. The second-order valence-electron chi connectivity index (χ2n) is 10.1. The molecule has 0 bridgehead atoms. The van der Waals surface area contributed by atoms with Crippen LogP contribution in [-0.4, -0.2) is 33.3 Å². The average molecular weight is 672 g/mol. The molecule has 2 aliphatic rings. The third-order valence-corrected chi connectivity index (χ3v) is 10.9. The quantitative estimate of drug-likeness (QED) is 0.120. The standard InChI is InChI=1S/C34H27BrN2O4S2/c35-24-18-10-11-19-26(24)42-30-28(34(40)41-29(22-14-6-2-7-15-22)23-16-8-3-9-17-23)37-32(39)27(33(37)43-31(30)36)25(38)20-21-12-4-1-5-13-21/h1-19,27,29,31,33H,20,36H2/t27-,31?,33-/m1/s1. The predicted molar refractivity (Wildman–Crippen MR) is 173 cm³/mol. The van der Waals surface area contributed by atoms with E-state index in [2.05, 4.69) is 15.9 Å². The maximum atomic E-state index is 14.2. The van der Waals surface area contributed by atoms with E-state index in [1.165, 1.54) is 28.4 Å². The van der Waals surface area contributed by atoms with E-state index in [1.807, 2.05) is 115 Å². The normalized spacial score (nSPS) is 19.6. The molecule has 4 aromatic carbocycles. The van der Waals surface area contributed by atoms with E-state index in [4.69, 9.17) is 10.5 Å². The van der Waals surface area contributed by atoms with Crippen LogP contribution in [-0.2, 0) is 25.5 Å². The molecule has 2 heterocycles. The second kappa shape index (κ2) is 12.9. The van der Waals surface area contributed by atoms with Crippen LogP contribution < -0.4 is 5.73 Å². The molecule has 2 aliphatic heterocycles. The van der Waals surface area contributed by atoms with Gasteiger partial charge in [0.1, 0.15) is 17.0 Å². The number of fused-ring (bicyclic) bond motifs is 1. The fourth-order valence-electron chi connectivity index (χ4n) is 5.21. The maximum absolute atomic E-state index is 14.2. The van der Waals surface area contributed by atoms with Crippen LogP contribution in [0.5, 0.6) is 0 Å². The summed E-state index contributed by atoms with van der Waals surface area (Å²) in [5.74, 6) is -2.18. The summed E-state index contributed by atoms with van der Waals surface area (Å²) >= 11 is 6.21. The molecule has 1 fully saturated rings. The average Bonchev–Trinajstić information content (AvgIpc) is 3.03. The van der Waals surface area contributed by atoms with Gasteiger partial charge < -0.3 is 10.5 Å². The molecule has 6 nitrogen and oxygen atoms in total. The Bertz CT molecular complexity index is 1650. The van der Waals surface area contributed by atoms with E-state index < -0.39 is 34.6 Å². The minimum absolute atomic E-state index is 0.0858. The predicted octanol–water partition coefficient (Wildman–Crippen LogP) is 6.71. The first-order valence-electron chi connectivity index (χ1n) is 13.7. The number of nitrogens with zero attached hydrogens (tertiary/aromatic N) is 1. The molecule has 2 N–H and O–H groups in total. The van der Waals surface area contributed by atoms with E-state index >= 15 is 0 Å². The van der Waals surface area contributed by atoms with E-state index in [0.29, 0.717) is 4.91 Å². The zero-order valence-electron chi connectivity index (χ0n) is 22.8. The number of ether oxygens (including phenoxy) is 1. The molecular formula is C34H27BrN2O4S2. The molecule has 1 saturated heterocycles. The lowest BCUT2D eigenvalue weighted by atomic mass is 9.88. The van der Waals surface area contributed by atoms with E-state index in [9.17, 15) is 14.4 Å². The Labute approximate surface area is 266 Å². The van der Waals surface area contributed by atoms with Crippen LogP contribution in [0.15, 0.2) is 135 Å². The Kier molecular flexibility index (Phi) is 8.85. The van der Waals surface area contributed by atoms with Gasteiger partial charge in [0.25, 0.3) is 0 Å². The summed E-state index contributed by atoms with van der Waals surface area (Å²) < 4.78 is 7.07. The van der Waals surface area contributed by atoms with Gasteiger partial charge in [0.2, 0.25) is 5.91 Å². The lowest BCUT2D eigenvalue weighted by Crippen LogP contribution is -2.65. The first-order chi connectivity index (χ1) is 20.9. The van der Waals surface area contributed by atoms with Gasteiger partial charge in [-0.15, -0.1) is 11.8 Å². The number of ketones is 1. The van der Waals surface area contributed by atoms with Crippen molar-refractivity contribution >= 4 is 57.1 Å². The molecule has 0 spiro atoms. The summed E-state index contributed by atoms with van der Waals surface area (Å²) in [5, 5.41) is -1.26. The third kappa shape index (κ3) is 6.08. The molecule has 0 aromatic heterocycles. The SMILES string of the molecule is NC1S[C@@H]2[C@H](C(=O)Cc3ccccc3)C(=O)N2C(C(=O)OC(c2ccccc2)c2ccccc2)=C1Sc1ccccc1Br. The van der Waals surface area contributed by atoms with Crippen molar-refractivity contribution in [3.63, 3.8) is 0 Å². The Morgan fingerprint density at radius 3 is 2.02 bits per heavy atom. The van der Waals surface area contributed by atoms with E-state index in [0.717, 1.165) is 26.1 Å². The molecule has 43 heavy (non-hydrogen) atoms. The number of hydrogen-bond donors (Lipinski definition) is 1. The molecule has 6 rings (SSSR count). The highest BCUT2D eigenvalue weighted by Gasteiger charge is 2.58. The van der Waals surface area contributed by atoms with Crippen molar-refractivity contribution in [2.75, 3.05) is 0 Å². The zero-order valence-corrected chi connectivity index (χ0v) is 26.1. The van der Waals surface area contributed by atoms with Crippen molar-refractivity contribution < 1.29 is 19.1 Å². The molecule has 9 heteroatoms. The number of hydrogen-bond acceptors (Lipinski definition) is 7. The molecule has 4 aromatic rings. The topological polar surface area (TPSA) is 89.7 Å². The number of benzene rings is 4. The first kappa shape index (κ1) is 29.4. The summed E-state index contributed by atoms with van der Waals surface area (Å²) in [6.07, 6.45) is -0.586. The largest absolute Gasteiger partial charge is 0.448 e. The Morgan fingerprint density at radius 1 is 0.860 bits per heavy atom. The molecule has 1 unspecified atom stereocenters.